The summed E-state index contributed by atoms with van der Waals surface area (Å²) in [7, 11) is -4.16. The van der Waals surface area contributed by atoms with Crippen molar-refractivity contribution in [3.8, 4) is 0 Å². The lowest BCUT2D eigenvalue weighted by molar-refractivity contribution is -0.137. The molecule has 0 saturated heterocycles. The molecule has 0 saturated carbocycles. The number of fused-ring (bicyclic) bond motifs is 2. The normalized spacial score (nSPS) is 17.3. The number of carbonyl (C=O) groups excluding carboxylic acids is 1. The summed E-state index contributed by atoms with van der Waals surface area (Å²) in [6.45, 7) is 12.0. The number of amides is 1. The highest BCUT2D eigenvalue weighted by Gasteiger charge is 2.43. The van der Waals surface area contributed by atoms with Gasteiger partial charge in [0.15, 0.2) is 0 Å². The van der Waals surface area contributed by atoms with Crippen LogP contribution in [0.4, 0.5) is 18.9 Å². The number of halogens is 3. The van der Waals surface area contributed by atoms with Crippen LogP contribution in [0.2, 0.25) is 0 Å². The molecule has 3 aromatic heterocycles. The lowest BCUT2D eigenvalue weighted by atomic mass is 9.73. The fraction of sp³-hybridized carbons (Fsp3) is 0.400. The van der Waals surface area contributed by atoms with E-state index in [4.69, 9.17) is 4.98 Å². The van der Waals surface area contributed by atoms with Gasteiger partial charge in [0.05, 0.1) is 51.4 Å². The number of carbonyl (C=O) groups is 1. The van der Waals surface area contributed by atoms with Gasteiger partial charge in [-0.1, -0.05) is 32.1 Å². The maximum atomic E-state index is 14.1. The summed E-state index contributed by atoms with van der Waals surface area (Å²) in [5.74, 6) is -1.09. The van der Waals surface area contributed by atoms with Gasteiger partial charge in [0, 0.05) is 24.2 Å². The van der Waals surface area contributed by atoms with Crippen molar-refractivity contribution in [1.82, 2.24) is 29.3 Å². The minimum Gasteiger partial charge on any atom is -0.324 e. The Labute approximate surface area is 292 Å². The molecule has 0 spiro atoms. The van der Waals surface area contributed by atoms with E-state index in [2.05, 4.69) is 20.6 Å². The number of aryl methyl sites for hydroxylation is 3. The van der Waals surface area contributed by atoms with E-state index in [1.54, 1.807) is 29.2 Å². The minimum absolute atomic E-state index is 0.0760. The van der Waals surface area contributed by atoms with Crippen LogP contribution < -0.4 is 5.32 Å². The van der Waals surface area contributed by atoms with Crippen molar-refractivity contribution in [2.45, 2.75) is 78.0 Å². The van der Waals surface area contributed by atoms with Crippen LogP contribution in [-0.2, 0) is 40.5 Å². The first-order valence-corrected chi connectivity index (χ1v) is 18.5. The predicted molar refractivity (Wildman–Crippen MR) is 185 cm³/mol. The largest absolute Gasteiger partial charge is 0.416 e. The van der Waals surface area contributed by atoms with Crippen LogP contribution in [0, 0.1) is 25.2 Å². The molecule has 2 aromatic carbocycles. The fourth-order valence-corrected chi connectivity index (χ4v) is 9.62. The molecule has 50 heavy (non-hydrogen) atoms. The molecule has 15 heteroatoms. The maximum Gasteiger partial charge on any atom is 0.416 e. The molecular weight excluding hydrogens is 688 g/mol. The molecule has 1 aliphatic rings. The average Bonchev–Trinajstić information content (AvgIpc) is 3.62. The number of thiazole rings is 1. The van der Waals surface area contributed by atoms with Gasteiger partial charge in [0.2, 0.25) is 15.9 Å². The fourth-order valence-electron chi connectivity index (χ4n) is 6.65. The van der Waals surface area contributed by atoms with Crippen LogP contribution >= 0.6 is 11.3 Å². The number of sulfonamides is 1. The van der Waals surface area contributed by atoms with E-state index in [-0.39, 0.29) is 41.8 Å². The standard InChI is InChI=1S/C35H38F3N7O3S2/c1-7-45-28-12-11-26(21(3)31(28)42-43-45)30(34(5,6)33(46)40-25-9-8-14-39-17-25)32-41-27(22(4)49-32)19-44-18-20(2)15-23-16-24(35(36,37)38)10-13-29(23)50(44,47)48/h8-14,16-17,20,30H,7,15,18-19H2,1-6H3,(H,40,46)/t20-,30?/m0/s1. The summed E-state index contributed by atoms with van der Waals surface area (Å²) in [4.78, 5) is 23.9. The molecule has 10 nitrogen and oxygen atoms in total. The third-order valence-electron chi connectivity index (χ3n) is 9.39. The smallest absolute Gasteiger partial charge is 0.324 e. The molecule has 1 aliphatic heterocycles. The molecule has 1 N–H and O–H groups in total. The number of aromatic nitrogens is 5. The van der Waals surface area contributed by atoms with Gasteiger partial charge in [0.25, 0.3) is 0 Å². The summed E-state index contributed by atoms with van der Waals surface area (Å²) in [5.41, 5.74) is 2.51. The summed E-state index contributed by atoms with van der Waals surface area (Å²) < 4.78 is 71.6. The van der Waals surface area contributed by atoms with Crippen molar-refractivity contribution in [3.63, 3.8) is 0 Å². The Hall–Kier alpha value is -4.21. The second-order valence-electron chi connectivity index (χ2n) is 13.4. The Morgan fingerprint density at radius 3 is 2.58 bits per heavy atom. The number of rotatable bonds is 8. The second kappa shape index (κ2) is 13.2. The van der Waals surface area contributed by atoms with E-state index in [1.165, 1.54) is 15.6 Å². The molecular formula is C35H38F3N7O3S2. The summed E-state index contributed by atoms with van der Waals surface area (Å²) in [6, 6.07) is 10.2. The second-order valence-corrected chi connectivity index (χ2v) is 16.5. The third kappa shape index (κ3) is 6.53. The van der Waals surface area contributed by atoms with E-state index in [0.717, 1.165) is 39.7 Å². The monoisotopic (exact) mass is 725 g/mol. The van der Waals surface area contributed by atoms with Crippen molar-refractivity contribution in [1.29, 1.82) is 0 Å². The Kier molecular flexibility index (Phi) is 9.37. The van der Waals surface area contributed by atoms with Crippen molar-refractivity contribution < 1.29 is 26.4 Å². The number of nitrogens with zero attached hydrogens (tertiary/aromatic N) is 6. The SMILES string of the molecule is CCn1nnc2c(C)c(C(c3nc(CN4C[C@@H](C)Cc5cc(C(F)(F)F)ccc5S4(=O)=O)c(C)s3)C(C)(C)C(=O)Nc3cccnc3)ccc21. The number of pyridine rings is 1. The first kappa shape index (κ1) is 35.6. The molecule has 0 radical (unpaired) electrons. The summed E-state index contributed by atoms with van der Waals surface area (Å²) in [6.07, 6.45) is -1.21. The molecule has 0 aliphatic carbocycles. The van der Waals surface area contributed by atoms with Crippen LogP contribution in [0.25, 0.3) is 11.0 Å². The highest BCUT2D eigenvalue weighted by molar-refractivity contribution is 7.89. The van der Waals surface area contributed by atoms with Crippen LogP contribution in [0.5, 0.6) is 0 Å². The lowest BCUT2D eigenvalue weighted by Crippen LogP contribution is -2.37. The molecule has 2 atom stereocenters. The number of anilines is 1. The first-order chi connectivity index (χ1) is 23.5. The van der Waals surface area contributed by atoms with Gasteiger partial charge in [-0.05, 0) is 86.2 Å². The highest BCUT2D eigenvalue weighted by Crippen LogP contribution is 2.46. The first-order valence-electron chi connectivity index (χ1n) is 16.2. The van der Waals surface area contributed by atoms with E-state index in [1.807, 2.05) is 53.7 Å². The number of benzene rings is 2. The average molecular weight is 726 g/mol. The Bertz CT molecular complexity index is 2180. The Morgan fingerprint density at radius 1 is 1.14 bits per heavy atom. The van der Waals surface area contributed by atoms with Gasteiger partial charge in [-0.2, -0.15) is 17.5 Å². The molecule has 1 unspecified atom stereocenters. The Morgan fingerprint density at radius 2 is 1.90 bits per heavy atom. The Balaban J connectivity index is 1.41. The van der Waals surface area contributed by atoms with E-state index in [0.29, 0.717) is 28.5 Å². The van der Waals surface area contributed by atoms with E-state index < -0.39 is 33.1 Å². The van der Waals surface area contributed by atoms with Crippen LogP contribution in [0.3, 0.4) is 0 Å². The maximum absolute atomic E-state index is 14.1. The van der Waals surface area contributed by atoms with Crippen molar-refractivity contribution in [2.24, 2.45) is 11.3 Å². The zero-order valence-corrected chi connectivity index (χ0v) is 30.2. The lowest BCUT2D eigenvalue weighted by Gasteiger charge is -2.33. The van der Waals surface area contributed by atoms with Gasteiger partial charge in [-0.15, -0.1) is 16.4 Å². The zero-order chi connectivity index (χ0) is 36.2. The zero-order valence-electron chi connectivity index (χ0n) is 28.5. The summed E-state index contributed by atoms with van der Waals surface area (Å²) in [5, 5.41) is 12.3. The molecule has 0 fully saturated rings. The van der Waals surface area contributed by atoms with Crippen LogP contribution in [0.15, 0.2) is 59.8 Å². The number of hydrogen-bond donors (Lipinski definition) is 1. The third-order valence-corrected chi connectivity index (χ3v) is 12.4. The van der Waals surface area contributed by atoms with Gasteiger partial charge in [-0.25, -0.2) is 18.1 Å². The van der Waals surface area contributed by atoms with Crippen LogP contribution in [-0.4, -0.2) is 50.1 Å². The molecule has 0 bridgehead atoms. The van der Waals surface area contributed by atoms with Crippen LogP contribution in [0.1, 0.15) is 71.4 Å². The van der Waals surface area contributed by atoms with Crippen molar-refractivity contribution >= 4 is 44.0 Å². The quantitative estimate of drug-likeness (QED) is 0.181. The van der Waals surface area contributed by atoms with Gasteiger partial charge in [-0.3, -0.25) is 9.78 Å². The molecule has 6 rings (SSSR count). The molecule has 1 amide bonds. The van der Waals surface area contributed by atoms with Gasteiger partial charge < -0.3 is 5.32 Å². The topological polar surface area (TPSA) is 123 Å². The molecule has 264 valence electrons. The van der Waals surface area contributed by atoms with Gasteiger partial charge >= 0.3 is 6.18 Å². The molecule has 5 aromatic rings. The minimum atomic E-state index is -4.59. The summed E-state index contributed by atoms with van der Waals surface area (Å²) >= 11 is 1.39. The van der Waals surface area contributed by atoms with Crippen molar-refractivity contribution in [3.05, 3.63) is 92.7 Å². The van der Waals surface area contributed by atoms with Gasteiger partial charge in [0.1, 0.15) is 10.5 Å². The highest BCUT2D eigenvalue weighted by atomic mass is 32.2. The number of alkyl halides is 3. The number of hydrogen-bond acceptors (Lipinski definition) is 8. The molecule has 4 heterocycles. The van der Waals surface area contributed by atoms with Crippen molar-refractivity contribution in [2.75, 3.05) is 11.9 Å². The number of nitrogens with one attached hydrogen (secondary N) is 1. The van der Waals surface area contributed by atoms with E-state index >= 15 is 0 Å². The predicted octanol–water partition coefficient (Wildman–Crippen LogP) is 7.12. The van der Waals surface area contributed by atoms with E-state index in [9.17, 15) is 26.4 Å².